The summed E-state index contributed by atoms with van der Waals surface area (Å²) in [5.74, 6) is 0.289. The molecular weight excluding hydrogens is 623 g/mol. The van der Waals surface area contributed by atoms with Gasteiger partial charge in [-0.1, -0.05) is 117 Å². The predicted molar refractivity (Wildman–Crippen MR) is 209 cm³/mol. The molecule has 0 radical (unpaired) electrons. The first-order valence-electron chi connectivity index (χ1n) is 17.5. The van der Waals surface area contributed by atoms with Gasteiger partial charge in [-0.05, 0) is 89.2 Å². The first kappa shape index (κ1) is 30.8. The van der Waals surface area contributed by atoms with Crippen molar-refractivity contribution in [2.45, 2.75) is 33.1 Å². The van der Waals surface area contributed by atoms with Gasteiger partial charge in [0.05, 0.1) is 22.8 Å². The fourth-order valence-corrected chi connectivity index (χ4v) is 8.18. The van der Waals surface area contributed by atoms with Gasteiger partial charge in [0.15, 0.2) is 0 Å². The summed E-state index contributed by atoms with van der Waals surface area (Å²) in [5.41, 5.74) is 17.0. The Morgan fingerprint density at radius 3 is 2.04 bits per heavy atom. The Morgan fingerprint density at radius 2 is 1.22 bits per heavy atom. The number of hydrogen-bond acceptors (Lipinski definition) is 3. The van der Waals surface area contributed by atoms with Crippen LogP contribution in [0.15, 0.2) is 146 Å². The summed E-state index contributed by atoms with van der Waals surface area (Å²) in [6.07, 6.45) is 2.07. The van der Waals surface area contributed by atoms with Gasteiger partial charge in [0.2, 0.25) is 0 Å². The molecule has 4 heteroatoms. The molecule has 0 saturated carbocycles. The minimum Gasteiger partial charge on any atom is -0.507 e. The molecular formula is C47H37N3O. The Morgan fingerprint density at radius 1 is 0.549 bits per heavy atom. The molecule has 0 aliphatic heterocycles. The van der Waals surface area contributed by atoms with E-state index < -0.39 is 0 Å². The van der Waals surface area contributed by atoms with E-state index >= 15 is 0 Å². The zero-order valence-electron chi connectivity index (χ0n) is 29.1. The molecule has 0 spiro atoms. The van der Waals surface area contributed by atoms with Gasteiger partial charge in [-0.15, -0.1) is 0 Å². The highest BCUT2D eigenvalue weighted by Crippen LogP contribution is 2.54. The van der Waals surface area contributed by atoms with Crippen molar-refractivity contribution in [3.63, 3.8) is 0 Å². The molecule has 3 heterocycles. The molecule has 4 nitrogen and oxygen atoms in total. The van der Waals surface area contributed by atoms with Crippen LogP contribution in [0.1, 0.15) is 36.1 Å². The fraction of sp³-hybridized carbons (Fsp3) is 0.106. The van der Waals surface area contributed by atoms with E-state index in [1.165, 1.54) is 27.8 Å². The Kier molecular flexibility index (Phi) is 7.04. The van der Waals surface area contributed by atoms with Crippen molar-refractivity contribution >= 4 is 5.65 Å². The maximum Gasteiger partial charge on any atom is 0.137 e. The Bertz CT molecular complexity index is 2630. The zero-order valence-corrected chi connectivity index (χ0v) is 29.1. The second kappa shape index (κ2) is 11.7. The number of hydrogen-bond donors (Lipinski definition) is 1. The third kappa shape index (κ3) is 4.90. The number of benzene rings is 5. The minimum atomic E-state index is -0.349. The van der Waals surface area contributed by atoms with Crippen LogP contribution in [0.5, 0.6) is 5.75 Å². The summed E-state index contributed by atoms with van der Waals surface area (Å²) in [6, 6.07) is 48.5. The molecule has 0 atom stereocenters. The highest BCUT2D eigenvalue weighted by atomic mass is 16.3. The molecule has 0 bridgehead atoms. The highest BCUT2D eigenvalue weighted by molar-refractivity contribution is 5.90. The summed E-state index contributed by atoms with van der Waals surface area (Å²) in [7, 11) is 0. The van der Waals surface area contributed by atoms with Gasteiger partial charge < -0.3 is 5.11 Å². The third-order valence-electron chi connectivity index (χ3n) is 10.6. The molecule has 51 heavy (non-hydrogen) atoms. The smallest absolute Gasteiger partial charge is 0.137 e. The number of pyridine rings is 2. The maximum atomic E-state index is 12.2. The molecule has 0 unspecified atom stereocenters. The number of aromatic nitrogens is 3. The quantitative estimate of drug-likeness (QED) is 0.200. The lowest BCUT2D eigenvalue weighted by atomic mass is 9.81. The molecule has 1 N–H and O–H groups in total. The molecule has 0 amide bonds. The van der Waals surface area contributed by atoms with E-state index in [0.29, 0.717) is 0 Å². The molecule has 5 aromatic carbocycles. The lowest BCUT2D eigenvalue weighted by Crippen LogP contribution is -2.15. The molecule has 9 rings (SSSR count). The minimum absolute atomic E-state index is 0.289. The van der Waals surface area contributed by atoms with Crippen LogP contribution in [-0.2, 0) is 5.41 Å². The molecule has 8 aromatic rings. The Balaban J connectivity index is 1.25. The van der Waals surface area contributed by atoms with Crippen molar-refractivity contribution in [1.82, 2.24) is 14.4 Å². The van der Waals surface area contributed by atoms with Gasteiger partial charge >= 0.3 is 0 Å². The van der Waals surface area contributed by atoms with Crippen LogP contribution in [0.3, 0.4) is 0 Å². The number of nitrogens with zero attached hydrogens (tertiary/aromatic N) is 3. The number of phenols is 1. The summed E-state index contributed by atoms with van der Waals surface area (Å²) >= 11 is 0. The first-order valence-corrected chi connectivity index (χ1v) is 17.5. The second-order valence-corrected chi connectivity index (χ2v) is 14.1. The van der Waals surface area contributed by atoms with E-state index in [1.807, 2.05) is 30.3 Å². The normalized spacial score (nSPS) is 12.9. The molecule has 3 aromatic heterocycles. The summed E-state index contributed by atoms with van der Waals surface area (Å²) in [6.45, 7) is 8.71. The van der Waals surface area contributed by atoms with Crippen molar-refractivity contribution in [2.75, 3.05) is 0 Å². The van der Waals surface area contributed by atoms with Crippen molar-refractivity contribution in [3.8, 4) is 73.0 Å². The lowest BCUT2D eigenvalue weighted by Gasteiger charge is -2.23. The summed E-state index contributed by atoms with van der Waals surface area (Å²) in [4.78, 5) is 10.4. The van der Waals surface area contributed by atoms with E-state index in [0.717, 1.165) is 67.4 Å². The Labute approximate surface area is 298 Å². The largest absolute Gasteiger partial charge is 0.507 e. The van der Waals surface area contributed by atoms with E-state index in [9.17, 15) is 5.11 Å². The monoisotopic (exact) mass is 659 g/mol. The lowest BCUT2D eigenvalue weighted by molar-refractivity contribution is 0.458. The zero-order chi connectivity index (χ0) is 34.9. The average molecular weight is 660 g/mol. The standard InChI is InChI=1S/C47H37N3O/c1-29-14-12-15-30(2)42(29)34-27-39(48-40(28-34)37-24-23-36-35-20-8-9-21-38(35)47(3,4)43(36)46(37)51)32-18-13-19-33(26-32)44-45(31-16-6-5-7-17-31)50-25-11-10-22-41(50)49-44/h5-28,51H,1-4H3. The summed E-state index contributed by atoms with van der Waals surface area (Å²) in [5, 5.41) is 12.2. The van der Waals surface area contributed by atoms with Crippen LogP contribution in [-0.4, -0.2) is 19.5 Å². The summed E-state index contributed by atoms with van der Waals surface area (Å²) < 4.78 is 2.16. The second-order valence-electron chi connectivity index (χ2n) is 14.1. The highest BCUT2D eigenvalue weighted by Gasteiger charge is 2.38. The van der Waals surface area contributed by atoms with E-state index in [2.05, 4.69) is 147 Å². The van der Waals surface area contributed by atoms with Crippen LogP contribution in [0.2, 0.25) is 0 Å². The SMILES string of the molecule is Cc1cccc(C)c1-c1cc(-c2cccc(-c3nc4ccccn4c3-c3ccccc3)c2)nc(-c2ccc3c(c2O)C(C)(C)c2ccccc2-3)c1. The van der Waals surface area contributed by atoms with Gasteiger partial charge in [-0.25, -0.2) is 9.97 Å². The predicted octanol–water partition coefficient (Wildman–Crippen LogP) is 11.7. The third-order valence-corrected chi connectivity index (χ3v) is 10.6. The topological polar surface area (TPSA) is 50.4 Å². The van der Waals surface area contributed by atoms with Gasteiger partial charge in [0.25, 0.3) is 0 Å². The number of phenolic OH excluding ortho intramolecular Hbond substituents is 1. The van der Waals surface area contributed by atoms with Crippen molar-refractivity contribution in [3.05, 3.63) is 168 Å². The van der Waals surface area contributed by atoms with Crippen LogP contribution in [0, 0.1) is 13.8 Å². The van der Waals surface area contributed by atoms with Crippen LogP contribution in [0.25, 0.3) is 72.9 Å². The van der Waals surface area contributed by atoms with Gasteiger partial charge in [-0.2, -0.15) is 0 Å². The van der Waals surface area contributed by atoms with E-state index in [4.69, 9.17) is 9.97 Å². The van der Waals surface area contributed by atoms with Crippen molar-refractivity contribution < 1.29 is 5.11 Å². The number of imidazole rings is 1. The number of aromatic hydroxyl groups is 1. The molecule has 1 aliphatic rings. The van der Waals surface area contributed by atoms with Gasteiger partial charge in [0, 0.05) is 39.4 Å². The van der Waals surface area contributed by atoms with Crippen molar-refractivity contribution in [1.29, 1.82) is 0 Å². The van der Waals surface area contributed by atoms with Crippen LogP contribution < -0.4 is 0 Å². The number of rotatable bonds is 5. The van der Waals surface area contributed by atoms with E-state index in [1.54, 1.807) is 0 Å². The van der Waals surface area contributed by atoms with Crippen LogP contribution >= 0.6 is 0 Å². The van der Waals surface area contributed by atoms with Gasteiger partial charge in [-0.3, -0.25) is 4.40 Å². The number of fused-ring (bicyclic) bond motifs is 4. The molecule has 0 fully saturated rings. The molecule has 246 valence electrons. The molecule has 0 saturated heterocycles. The fourth-order valence-electron chi connectivity index (χ4n) is 8.18. The maximum absolute atomic E-state index is 12.2. The Hall–Kier alpha value is -6.26. The average Bonchev–Trinajstić information content (AvgIpc) is 3.65. The molecule has 1 aliphatic carbocycles. The van der Waals surface area contributed by atoms with E-state index in [-0.39, 0.29) is 11.2 Å². The first-order chi connectivity index (χ1) is 24.8. The number of aryl methyl sites for hydroxylation is 2. The van der Waals surface area contributed by atoms with Gasteiger partial charge in [0.1, 0.15) is 11.4 Å². The van der Waals surface area contributed by atoms with Crippen molar-refractivity contribution in [2.24, 2.45) is 0 Å². The van der Waals surface area contributed by atoms with Crippen LogP contribution in [0.4, 0.5) is 0 Å².